The molecule has 1 aromatic rings. The van der Waals surface area contributed by atoms with Crippen LogP contribution in [0, 0.1) is 0 Å². The highest BCUT2D eigenvalue weighted by molar-refractivity contribution is 7.79. The molecule has 0 aliphatic heterocycles. The maximum Gasteiger partial charge on any atom is 0.191 e. The van der Waals surface area contributed by atoms with E-state index in [2.05, 4.69) is 43.5 Å². The molecule has 0 aromatic heterocycles. The molecule has 2 heteroatoms. The second kappa shape index (κ2) is 6.56. The molecular formula is C14H19OS+. The minimum Gasteiger partial charge on any atom is -0.396 e. The summed E-state index contributed by atoms with van der Waals surface area (Å²) in [6.45, 7) is 4.53. The molecule has 0 aliphatic carbocycles. The SMILES string of the molecule is CC(C)(CCO)[S+]=C/C=C/c1ccccc1. The lowest BCUT2D eigenvalue weighted by molar-refractivity contribution is 0.275. The predicted octanol–water partition coefficient (Wildman–Crippen LogP) is 2.75. The van der Waals surface area contributed by atoms with Crippen LogP contribution in [-0.4, -0.2) is 21.8 Å². The van der Waals surface area contributed by atoms with Gasteiger partial charge < -0.3 is 5.11 Å². The molecule has 86 valence electrons. The molecule has 0 saturated carbocycles. The first-order valence-electron chi connectivity index (χ1n) is 5.48. The van der Waals surface area contributed by atoms with Crippen molar-refractivity contribution in [1.29, 1.82) is 0 Å². The Morgan fingerprint density at radius 3 is 2.56 bits per heavy atom. The lowest BCUT2D eigenvalue weighted by atomic mass is 10.1. The highest BCUT2D eigenvalue weighted by Crippen LogP contribution is 2.10. The van der Waals surface area contributed by atoms with E-state index < -0.39 is 0 Å². The maximum absolute atomic E-state index is 8.89. The third-order valence-electron chi connectivity index (χ3n) is 2.27. The molecule has 0 bridgehead atoms. The molecule has 1 nitrogen and oxygen atoms in total. The van der Waals surface area contributed by atoms with Gasteiger partial charge in [-0.05, 0) is 25.5 Å². The van der Waals surface area contributed by atoms with Crippen molar-refractivity contribution < 1.29 is 5.11 Å². The van der Waals surface area contributed by atoms with E-state index in [1.165, 1.54) is 5.56 Å². The van der Waals surface area contributed by atoms with Crippen molar-refractivity contribution in [2.45, 2.75) is 25.0 Å². The fourth-order valence-electron chi connectivity index (χ4n) is 1.27. The van der Waals surface area contributed by atoms with Gasteiger partial charge in [0.25, 0.3) is 0 Å². The van der Waals surface area contributed by atoms with Crippen LogP contribution in [0.1, 0.15) is 25.8 Å². The number of benzene rings is 1. The molecule has 16 heavy (non-hydrogen) atoms. The minimum atomic E-state index is 0.107. The zero-order valence-electron chi connectivity index (χ0n) is 9.89. The van der Waals surface area contributed by atoms with Crippen LogP contribution in [0.5, 0.6) is 0 Å². The summed E-state index contributed by atoms with van der Waals surface area (Å²) >= 11 is 1.75. The van der Waals surface area contributed by atoms with Crippen LogP contribution in [0.2, 0.25) is 0 Å². The quantitative estimate of drug-likeness (QED) is 0.473. The van der Waals surface area contributed by atoms with Gasteiger partial charge >= 0.3 is 0 Å². The summed E-state index contributed by atoms with van der Waals surface area (Å²) in [5.74, 6) is 0. The van der Waals surface area contributed by atoms with Gasteiger partial charge in [-0.1, -0.05) is 36.4 Å². The molecule has 1 aromatic carbocycles. The molecule has 1 rings (SSSR count). The number of rotatable bonds is 5. The van der Waals surface area contributed by atoms with Crippen molar-refractivity contribution >= 4 is 22.8 Å². The standard InChI is InChI=1S/C14H19OS/c1-14(2,10-11-15)16-12-6-9-13-7-4-3-5-8-13/h3-9,12,15H,10-11H2,1-2H3/q+1/b9-6+. The monoisotopic (exact) mass is 235 g/mol. The van der Waals surface area contributed by atoms with Crippen LogP contribution >= 0.6 is 0 Å². The van der Waals surface area contributed by atoms with Gasteiger partial charge in [-0.2, -0.15) is 0 Å². The van der Waals surface area contributed by atoms with Crippen LogP contribution in [-0.2, 0) is 11.4 Å². The van der Waals surface area contributed by atoms with Gasteiger partial charge in [0.15, 0.2) is 21.5 Å². The van der Waals surface area contributed by atoms with E-state index in [-0.39, 0.29) is 11.4 Å². The zero-order valence-corrected chi connectivity index (χ0v) is 10.7. The first kappa shape index (κ1) is 13.1. The van der Waals surface area contributed by atoms with E-state index in [1.54, 1.807) is 11.4 Å². The Balaban J connectivity index is 2.51. The number of aliphatic hydroxyl groups is 1. The van der Waals surface area contributed by atoms with Gasteiger partial charge in [0.1, 0.15) is 0 Å². The summed E-state index contributed by atoms with van der Waals surface area (Å²) in [6, 6.07) is 10.2. The topological polar surface area (TPSA) is 20.2 Å². The Bertz CT molecular complexity index is 352. The van der Waals surface area contributed by atoms with E-state index in [1.807, 2.05) is 18.2 Å². The number of hydrogen-bond donors (Lipinski definition) is 1. The van der Waals surface area contributed by atoms with Crippen molar-refractivity contribution in [1.82, 2.24) is 0 Å². The van der Waals surface area contributed by atoms with E-state index >= 15 is 0 Å². The molecule has 0 fully saturated rings. The summed E-state index contributed by atoms with van der Waals surface area (Å²) in [5, 5.41) is 11.0. The Labute approximate surface area is 102 Å². The number of hydrogen-bond acceptors (Lipinski definition) is 1. The summed E-state index contributed by atoms with van der Waals surface area (Å²) in [5.41, 5.74) is 1.21. The summed E-state index contributed by atoms with van der Waals surface area (Å²) < 4.78 is 0.107. The van der Waals surface area contributed by atoms with Gasteiger partial charge in [0.05, 0.1) is 0 Å². The van der Waals surface area contributed by atoms with Crippen molar-refractivity contribution in [3.8, 4) is 0 Å². The van der Waals surface area contributed by atoms with Gasteiger partial charge in [0, 0.05) is 13.0 Å². The van der Waals surface area contributed by atoms with Crippen LogP contribution < -0.4 is 0 Å². The fourth-order valence-corrected chi connectivity index (χ4v) is 2.00. The lowest BCUT2D eigenvalue weighted by Crippen LogP contribution is -2.20. The second-order valence-electron chi connectivity index (χ2n) is 4.26. The van der Waals surface area contributed by atoms with Gasteiger partial charge in [-0.3, -0.25) is 0 Å². The molecule has 0 amide bonds. The largest absolute Gasteiger partial charge is 0.396 e. The van der Waals surface area contributed by atoms with Crippen LogP contribution in [0.15, 0.2) is 36.4 Å². The minimum absolute atomic E-state index is 0.107. The van der Waals surface area contributed by atoms with Gasteiger partial charge in [0.2, 0.25) is 0 Å². The fraction of sp³-hybridized carbons (Fsp3) is 0.357. The Kier molecular flexibility index (Phi) is 5.36. The second-order valence-corrected chi connectivity index (χ2v) is 5.87. The third kappa shape index (κ3) is 5.19. The molecule has 0 heterocycles. The average Bonchev–Trinajstić information content (AvgIpc) is 2.26. The first-order valence-corrected chi connectivity index (χ1v) is 6.36. The Hall–Kier alpha value is -0.990. The highest BCUT2D eigenvalue weighted by atomic mass is 32.1. The number of aliphatic hydroxyl groups excluding tert-OH is 1. The predicted molar refractivity (Wildman–Crippen MR) is 74.7 cm³/mol. The smallest absolute Gasteiger partial charge is 0.191 e. The molecule has 0 radical (unpaired) electrons. The van der Waals surface area contributed by atoms with Crippen molar-refractivity contribution in [3.63, 3.8) is 0 Å². The molecule has 0 unspecified atom stereocenters. The Morgan fingerprint density at radius 1 is 1.25 bits per heavy atom. The summed E-state index contributed by atoms with van der Waals surface area (Å²) in [6.07, 6.45) is 4.95. The van der Waals surface area contributed by atoms with Crippen molar-refractivity contribution in [2.75, 3.05) is 6.61 Å². The van der Waals surface area contributed by atoms with Crippen molar-refractivity contribution in [3.05, 3.63) is 42.0 Å². The normalized spacial score (nSPS) is 12.7. The summed E-state index contributed by atoms with van der Waals surface area (Å²) in [4.78, 5) is 0. The van der Waals surface area contributed by atoms with E-state index in [9.17, 15) is 0 Å². The van der Waals surface area contributed by atoms with Crippen LogP contribution in [0.4, 0.5) is 0 Å². The molecule has 0 atom stereocenters. The molecular weight excluding hydrogens is 216 g/mol. The van der Waals surface area contributed by atoms with Gasteiger partial charge in [-0.15, -0.1) is 0 Å². The van der Waals surface area contributed by atoms with E-state index in [0.717, 1.165) is 6.42 Å². The van der Waals surface area contributed by atoms with Gasteiger partial charge in [-0.25, -0.2) is 0 Å². The lowest BCUT2D eigenvalue weighted by Gasteiger charge is -2.04. The van der Waals surface area contributed by atoms with Crippen molar-refractivity contribution in [2.24, 2.45) is 0 Å². The molecule has 0 aliphatic rings. The highest BCUT2D eigenvalue weighted by Gasteiger charge is 2.25. The summed E-state index contributed by atoms with van der Waals surface area (Å²) in [7, 11) is 0. The van der Waals surface area contributed by atoms with E-state index in [4.69, 9.17) is 5.11 Å². The zero-order chi connectivity index (χ0) is 11.9. The first-order chi connectivity index (χ1) is 7.64. The number of allylic oxidation sites excluding steroid dienone is 1. The molecule has 1 N–H and O–H groups in total. The van der Waals surface area contributed by atoms with Crippen LogP contribution in [0.25, 0.3) is 6.08 Å². The average molecular weight is 235 g/mol. The maximum atomic E-state index is 8.89. The third-order valence-corrected chi connectivity index (χ3v) is 3.40. The molecule has 0 spiro atoms. The van der Waals surface area contributed by atoms with E-state index in [0.29, 0.717) is 0 Å². The molecule has 0 saturated heterocycles. The van der Waals surface area contributed by atoms with Crippen LogP contribution in [0.3, 0.4) is 0 Å². The Morgan fingerprint density at radius 2 is 1.94 bits per heavy atom.